The molecule has 0 atom stereocenters. The predicted octanol–water partition coefficient (Wildman–Crippen LogP) is 5.09. The molecule has 0 radical (unpaired) electrons. The van der Waals surface area contributed by atoms with E-state index < -0.39 is 0 Å². The zero-order valence-corrected chi connectivity index (χ0v) is 19.8. The van der Waals surface area contributed by atoms with Crippen LogP contribution in [0.5, 0.6) is 0 Å². The van der Waals surface area contributed by atoms with Crippen LogP contribution >= 0.6 is 11.8 Å². The molecular weight excluding hydrogens is 456 g/mol. The maximum absolute atomic E-state index is 13.4. The quantitative estimate of drug-likeness (QED) is 0.160. The summed E-state index contributed by atoms with van der Waals surface area (Å²) >= 11 is 1.20. The summed E-state index contributed by atoms with van der Waals surface area (Å²) in [7, 11) is 0. The van der Waals surface area contributed by atoms with Gasteiger partial charge in [0.2, 0.25) is 0 Å². The van der Waals surface area contributed by atoms with E-state index in [1.54, 1.807) is 22.9 Å². The maximum atomic E-state index is 13.4. The highest BCUT2D eigenvalue weighted by Gasteiger charge is 2.15. The lowest BCUT2D eigenvalue weighted by atomic mass is 10.1. The summed E-state index contributed by atoms with van der Waals surface area (Å²) in [5, 5.41) is 7.29. The van der Waals surface area contributed by atoms with Crippen LogP contribution in [0.4, 0.5) is 0 Å². The molecule has 0 aliphatic heterocycles. The smallest absolute Gasteiger partial charge is 0.266 e. The number of para-hydroxylation sites is 2. The molecule has 1 aromatic heterocycles. The fourth-order valence-electron chi connectivity index (χ4n) is 3.94. The van der Waals surface area contributed by atoms with Gasteiger partial charge in [0.25, 0.3) is 11.5 Å². The third-order valence-corrected chi connectivity index (χ3v) is 6.59. The Morgan fingerprint density at radius 2 is 1.66 bits per heavy atom. The largest absolute Gasteiger partial charge is 0.272 e. The number of hydrazone groups is 1. The number of nitrogens with zero attached hydrogens (tertiary/aromatic N) is 3. The number of aryl methyl sites for hydroxylation is 1. The summed E-state index contributed by atoms with van der Waals surface area (Å²) in [6.45, 7) is 1.94. The van der Waals surface area contributed by atoms with Crippen LogP contribution in [0.15, 0.2) is 106 Å². The van der Waals surface area contributed by atoms with Gasteiger partial charge < -0.3 is 0 Å². The third kappa shape index (κ3) is 4.72. The van der Waals surface area contributed by atoms with Crippen molar-refractivity contribution in [2.75, 3.05) is 5.75 Å². The number of carbonyl (C=O) groups excluding carboxylic acids is 1. The zero-order valence-electron chi connectivity index (χ0n) is 19.0. The number of benzene rings is 4. The standard InChI is InChI=1S/C28H22N4O2S/c1-19-9-2-7-16-25(19)32-27(34)23-14-5-6-15-24(23)30-28(32)35-18-26(33)31-29-17-21-12-8-11-20-10-3-4-13-22(20)21/h2-17H,18H2,1H3,(H,31,33)/b29-17+. The van der Waals surface area contributed by atoms with Gasteiger partial charge in [0, 0.05) is 5.56 Å². The lowest BCUT2D eigenvalue weighted by Crippen LogP contribution is -2.24. The average molecular weight is 479 g/mol. The molecule has 6 nitrogen and oxygen atoms in total. The Labute approximate surface area is 206 Å². The molecule has 5 aromatic rings. The number of aromatic nitrogens is 2. The first kappa shape index (κ1) is 22.6. The van der Waals surface area contributed by atoms with Crippen molar-refractivity contribution in [3.63, 3.8) is 0 Å². The number of nitrogens with one attached hydrogen (secondary N) is 1. The van der Waals surface area contributed by atoms with E-state index in [4.69, 9.17) is 4.98 Å². The fraction of sp³-hybridized carbons (Fsp3) is 0.0714. The van der Waals surface area contributed by atoms with Gasteiger partial charge in [-0.3, -0.25) is 14.2 Å². The molecule has 0 spiro atoms. The molecule has 35 heavy (non-hydrogen) atoms. The monoisotopic (exact) mass is 478 g/mol. The highest BCUT2D eigenvalue weighted by atomic mass is 32.2. The number of amides is 1. The number of hydrogen-bond donors (Lipinski definition) is 1. The van der Waals surface area contributed by atoms with Gasteiger partial charge in [-0.25, -0.2) is 10.4 Å². The van der Waals surface area contributed by atoms with Gasteiger partial charge in [-0.2, -0.15) is 5.10 Å². The summed E-state index contributed by atoms with van der Waals surface area (Å²) in [4.78, 5) is 30.6. The van der Waals surface area contributed by atoms with E-state index in [1.165, 1.54) is 11.8 Å². The SMILES string of the molecule is Cc1ccccc1-n1c(SCC(=O)N/N=C/c2cccc3ccccc23)nc2ccccc2c1=O. The van der Waals surface area contributed by atoms with Gasteiger partial charge in [-0.05, 0) is 41.5 Å². The molecule has 1 N–H and O–H groups in total. The number of rotatable bonds is 6. The second-order valence-corrected chi connectivity index (χ2v) is 8.93. The minimum Gasteiger partial charge on any atom is -0.272 e. The van der Waals surface area contributed by atoms with Gasteiger partial charge in [0.05, 0.1) is 28.6 Å². The Morgan fingerprint density at radius 3 is 2.51 bits per heavy atom. The molecule has 0 unspecified atom stereocenters. The second kappa shape index (κ2) is 9.95. The topological polar surface area (TPSA) is 76.3 Å². The van der Waals surface area contributed by atoms with Gasteiger partial charge >= 0.3 is 0 Å². The van der Waals surface area contributed by atoms with Gasteiger partial charge in [-0.1, -0.05) is 84.6 Å². The Hall–Kier alpha value is -4.23. The van der Waals surface area contributed by atoms with E-state index in [1.807, 2.05) is 85.8 Å². The number of hydrogen-bond acceptors (Lipinski definition) is 5. The molecule has 172 valence electrons. The van der Waals surface area contributed by atoms with Crippen molar-refractivity contribution in [1.82, 2.24) is 15.0 Å². The van der Waals surface area contributed by atoms with Gasteiger partial charge in [0.1, 0.15) is 0 Å². The van der Waals surface area contributed by atoms with Crippen molar-refractivity contribution in [3.05, 3.63) is 112 Å². The van der Waals surface area contributed by atoms with Crippen molar-refractivity contribution >= 4 is 45.6 Å². The minimum absolute atomic E-state index is 0.0591. The van der Waals surface area contributed by atoms with Crippen LogP contribution in [-0.2, 0) is 4.79 Å². The van der Waals surface area contributed by atoms with Crippen molar-refractivity contribution < 1.29 is 4.79 Å². The molecule has 0 fully saturated rings. The van der Waals surface area contributed by atoms with E-state index in [9.17, 15) is 9.59 Å². The molecule has 4 aromatic carbocycles. The minimum atomic E-state index is -0.287. The molecule has 0 saturated carbocycles. The van der Waals surface area contributed by atoms with Gasteiger partial charge in [0.15, 0.2) is 5.16 Å². The molecule has 5 rings (SSSR count). The molecule has 1 amide bonds. The van der Waals surface area contributed by atoms with Crippen LogP contribution in [0.1, 0.15) is 11.1 Å². The first-order valence-corrected chi connectivity index (χ1v) is 12.1. The Morgan fingerprint density at radius 1 is 0.943 bits per heavy atom. The summed E-state index contributed by atoms with van der Waals surface area (Å²) in [5.41, 5.74) is 5.62. The summed E-state index contributed by atoms with van der Waals surface area (Å²) in [6.07, 6.45) is 1.64. The summed E-state index contributed by atoms with van der Waals surface area (Å²) in [5.74, 6) is -0.228. The number of thioether (sulfide) groups is 1. The predicted molar refractivity (Wildman–Crippen MR) is 142 cm³/mol. The Kier molecular flexibility index (Phi) is 6.41. The number of carbonyl (C=O) groups is 1. The van der Waals surface area contributed by atoms with Crippen LogP contribution in [0.25, 0.3) is 27.4 Å². The molecule has 0 aliphatic carbocycles. The van der Waals surface area contributed by atoms with Crippen molar-refractivity contribution in [2.45, 2.75) is 12.1 Å². The van der Waals surface area contributed by atoms with E-state index in [0.29, 0.717) is 16.1 Å². The third-order valence-electron chi connectivity index (χ3n) is 5.65. The highest BCUT2D eigenvalue weighted by molar-refractivity contribution is 7.99. The first-order chi connectivity index (χ1) is 17.1. The highest BCUT2D eigenvalue weighted by Crippen LogP contribution is 2.23. The summed E-state index contributed by atoms with van der Waals surface area (Å²) in [6, 6.07) is 28.8. The van der Waals surface area contributed by atoms with E-state index in [0.717, 1.165) is 27.6 Å². The lowest BCUT2D eigenvalue weighted by Gasteiger charge is -2.14. The Balaban J connectivity index is 1.38. The van der Waals surface area contributed by atoms with E-state index >= 15 is 0 Å². The van der Waals surface area contributed by atoms with Crippen LogP contribution in [0.3, 0.4) is 0 Å². The van der Waals surface area contributed by atoms with E-state index in [2.05, 4.69) is 10.5 Å². The molecule has 0 aliphatic rings. The zero-order chi connectivity index (χ0) is 24.2. The van der Waals surface area contributed by atoms with Crippen LogP contribution in [-0.4, -0.2) is 27.4 Å². The van der Waals surface area contributed by atoms with Crippen molar-refractivity contribution in [1.29, 1.82) is 0 Å². The van der Waals surface area contributed by atoms with Crippen molar-refractivity contribution in [3.8, 4) is 5.69 Å². The van der Waals surface area contributed by atoms with Crippen molar-refractivity contribution in [2.24, 2.45) is 5.10 Å². The van der Waals surface area contributed by atoms with Gasteiger partial charge in [-0.15, -0.1) is 0 Å². The average Bonchev–Trinajstić information content (AvgIpc) is 2.88. The van der Waals surface area contributed by atoms with Crippen LogP contribution < -0.4 is 11.0 Å². The molecule has 0 bridgehead atoms. The molecule has 7 heteroatoms. The molecular formula is C28H22N4O2S. The lowest BCUT2D eigenvalue weighted by molar-refractivity contribution is -0.118. The maximum Gasteiger partial charge on any atom is 0.266 e. The first-order valence-electron chi connectivity index (χ1n) is 11.1. The Bertz CT molecular complexity index is 1640. The van der Waals surface area contributed by atoms with Crippen LogP contribution in [0, 0.1) is 6.92 Å². The number of fused-ring (bicyclic) bond motifs is 2. The fourth-order valence-corrected chi connectivity index (χ4v) is 4.73. The second-order valence-electron chi connectivity index (χ2n) is 7.99. The molecule has 0 saturated heterocycles. The van der Waals surface area contributed by atoms with Crippen LogP contribution in [0.2, 0.25) is 0 Å². The molecule has 1 heterocycles. The van der Waals surface area contributed by atoms with E-state index in [-0.39, 0.29) is 17.2 Å². The normalized spacial score (nSPS) is 11.3. The summed E-state index contributed by atoms with van der Waals surface area (Å²) < 4.78 is 1.58.